The van der Waals surface area contributed by atoms with Gasteiger partial charge in [0.05, 0.1) is 29.5 Å². The van der Waals surface area contributed by atoms with E-state index in [-0.39, 0.29) is 16.6 Å². The maximum atomic E-state index is 13.5. The topological polar surface area (TPSA) is 86.4 Å². The van der Waals surface area contributed by atoms with Crippen molar-refractivity contribution in [3.63, 3.8) is 0 Å². The number of H-pyrrole nitrogens is 1. The van der Waals surface area contributed by atoms with Crippen LogP contribution in [0.25, 0.3) is 33.4 Å². The highest BCUT2D eigenvalue weighted by Gasteiger charge is 2.30. The Balaban J connectivity index is 1.64. The molecule has 1 saturated heterocycles. The molecule has 0 radical (unpaired) electrons. The molecule has 0 bridgehead atoms. The lowest BCUT2D eigenvalue weighted by Gasteiger charge is -2.36. The normalized spacial score (nSPS) is 18.4. The highest BCUT2D eigenvalue weighted by Crippen LogP contribution is 2.30. The van der Waals surface area contributed by atoms with Crippen molar-refractivity contribution in [3.8, 4) is 17.1 Å². The number of aromatic amines is 1. The summed E-state index contributed by atoms with van der Waals surface area (Å²) < 4.78 is 6.01. The second-order valence-corrected chi connectivity index (χ2v) is 9.78. The zero-order valence-corrected chi connectivity index (χ0v) is 18.9. The van der Waals surface area contributed by atoms with Crippen LogP contribution in [0.15, 0.2) is 45.8 Å². The molecule has 3 heterocycles. The first-order valence-electron chi connectivity index (χ1n) is 11.4. The third-order valence-electron chi connectivity index (χ3n) is 6.75. The number of rotatable bonds is 4. The molecule has 4 aromatic rings. The molecule has 1 aliphatic rings. The van der Waals surface area contributed by atoms with Crippen molar-refractivity contribution in [2.24, 2.45) is 5.41 Å². The lowest BCUT2D eigenvalue weighted by Crippen LogP contribution is -3.13. The van der Waals surface area contributed by atoms with E-state index in [1.54, 1.807) is 6.07 Å². The van der Waals surface area contributed by atoms with Gasteiger partial charge in [0.25, 0.3) is 0 Å². The van der Waals surface area contributed by atoms with Crippen molar-refractivity contribution < 1.29 is 14.4 Å². The van der Waals surface area contributed by atoms with E-state index in [1.807, 2.05) is 31.2 Å². The van der Waals surface area contributed by atoms with Gasteiger partial charge >= 0.3 is 0 Å². The van der Waals surface area contributed by atoms with Gasteiger partial charge in [-0.1, -0.05) is 44.2 Å². The molecule has 6 heteroatoms. The molecule has 6 nitrogen and oxygen atoms in total. The number of nitrogens with zero attached hydrogens (tertiary/aromatic N) is 1. The van der Waals surface area contributed by atoms with Gasteiger partial charge in [0, 0.05) is 11.0 Å². The molecule has 166 valence electrons. The average Bonchev–Trinajstić information content (AvgIpc) is 3.19. The molecule has 0 amide bonds. The second kappa shape index (κ2) is 7.78. The summed E-state index contributed by atoms with van der Waals surface area (Å²) in [6.45, 7) is 9.14. The van der Waals surface area contributed by atoms with Crippen LogP contribution in [0.5, 0.6) is 5.75 Å². The molecule has 0 spiro atoms. The number of hydrogen-bond acceptors (Lipinski definition) is 4. The minimum absolute atomic E-state index is 0.00974. The van der Waals surface area contributed by atoms with Gasteiger partial charge in [-0.05, 0) is 37.5 Å². The number of nitrogens with one attached hydrogen (secondary N) is 2. The fourth-order valence-electron chi connectivity index (χ4n) is 5.12. The summed E-state index contributed by atoms with van der Waals surface area (Å²) in [5, 5.41) is 13.7. The Kier molecular flexibility index (Phi) is 5.05. The van der Waals surface area contributed by atoms with Gasteiger partial charge in [-0.3, -0.25) is 4.79 Å². The van der Waals surface area contributed by atoms with Crippen molar-refractivity contribution in [1.29, 1.82) is 0 Å². The third-order valence-corrected chi connectivity index (χ3v) is 6.75. The Morgan fingerprint density at radius 1 is 1.28 bits per heavy atom. The van der Waals surface area contributed by atoms with Crippen LogP contribution in [-0.4, -0.2) is 23.1 Å². The van der Waals surface area contributed by atoms with E-state index < -0.39 is 0 Å². The number of benzene rings is 2. The highest BCUT2D eigenvalue weighted by molar-refractivity contribution is 5.87. The molecule has 2 aromatic carbocycles. The maximum Gasteiger partial charge on any atom is 0.203 e. The number of imidazole rings is 1. The standard InChI is InChI=1S/C26H29N3O3/c1-4-16-12-17-23(31)19(25-27-20-8-5-6-9-21(20)28-25)14-32-24(17)18(22(16)30)13-29-11-7-10-26(2,3)15-29/h5-6,8-9,12,14,30H,4,7,10-11,13,15H2,1-3H3,(H,27,28). The Morgan fingerprint density at radius 3 is 2.84 bits per heavy atom. The van der Waals surface area contributed by atoms with E-state index >= 15 is 0 Å². The van der Waals surface area contributed by atoms with Gasteiger partial charge in [0.15, 0.2) is 0 Å². The first-order valence-corrected chi connectivity index (χ1v) is 11.4. The summed E-state index contributed by atoms with van der Waals surface area (Å²) in [6.07, 6.45) is 4.37. The summed E-state index contributed by atoms with van der Waals surface area (Å²) in [5.41, 5.74) is 3.85. The Morgan fingerprint density at radius 2 is 2.09 bits per heavy atom. The van der Waals surface area contributed by atoms with Crippen molar-refractivity contribution in [2.75, 3.05) is 13.1 Å². The van der Waals surface area contributed by atoms with Crippen molar-refractivity contribution >= 4 is 22.0 Å². The minimum Gasteiger partial charge on any atom is -0.872 e. The van der Waals surface area contributed by atoms with Gasteiger partial charge in [-0.25, -0.2) is 4.98 Å². The number of piperidine rings is 1. The largest absolute Gasteiger partial charge is 0.872 e. The van der Waals surface area contributed by atoms with Gasteiger partial charge in [0.1, 0.15) is 29.8 Å². The molecule has 32 heavy (non-hydrogen) atoms. The number of fused-ring (bicyclic) bond motifs is 2. The Labute approximate surface area is 186 Å². The number of aromatic nitrogens is 2. The highest BCUT2D eigenvalue weighted by atomic mass is 16.3. The maximum absolute atomic E-state index is 13.5. The fraction of sp³-hybridized carbons (Fsp3) is 0.385. The average molecular weight is 432 g/mol. The van der Waals surface area contributed by atoms with E-state index in [0.29, 0.717) is 46.4 Å². The Bertz CT molecular complexity index is 1330. The van der Waals surface area contributed by atoms with E-state index in [1.165, 1.54) is 17.6 Å². The molecule has 1 aliphatic heterocycles. The first-order chi connectivity index (χ1) is 15.4. The third kappa shape index (κ3) is 3.58. The van der Waals surface area contributed by atoms with Crippen LogP contribution in [0.1, 0.15) is 44.7 Å². The first kappa shape index (κ1) is 20.8. The van der Waals surface area contributed by atoms with Crippen LogP contribution < -0.4 is 15.4 Å². The van der Waals surface area contributed by atoms with Crippen LogP contribution in [0.2, 0.25) is 0 Å². The number of hydrogen-bond donors (Lipinski definition) is 2. The molecule has 1 atom stereocenters. The molecule has 5 rings (SSSR count). The van der Waals surface area contributed by atoms with Crippen molar-refractivity contribution in [3.05, 3.63) is 57.9 Å². The summed E-state index contributed by atoms with van der Waals surface area (Å²) in [5.74, 6) is 0.492. The number of para-hydroxylation sites is 2. The van der Waals surface area contributed by atoms with Gasteiger partial charge in [0.2, 0.25) is 5.43 Å². The minimum atomic E-state index is -0.157. The van der Waals surface area contributed by atoms with Crippen LogP contribution in [0.4, 0.5) is 0 Å². The number of quaternary nitrogens is 1. The zero-order chi connectivity index (χ0) is 22.5. The van der Waals surface area contributed by atoms with Gasteiger partial charge < -0.3 is 19.4 Å². The van der Waals surface area contributed by atoms with Crippen LogP contribution in [0.3, 0.4) is 0 Å². The smallest absolute Gasteiger partial charge is 0.203 e. The molecular formula is C26H29N3O3. The summed E-state index contributed by atoms with van der Waals surface area (Å²) in [7, 11) is 0. The van der Waals surface area contributed by atoms with Gasteiger partial charge in [-0.2, -0.15) is 0 Å². The molecule has 0 saturated carbocycles. The summed E-state index contributed by atoms with van der Waals surface area (Å²) in [6, 6.07) is 9.38. The van der Waals surface area contributed by atoms with Crippen LogP contribution in [-0.2, 0) is 13.0 Å². The zero-order valence-electron chi connectivity index (χ0n) is 18.9. The Hall–Kier alpha value is -3.12. The quantitative estimate of drug-likeness (QED) is 0.520. The van der Waals surface area contributed by atoms with E-state index in [9.17, 15) is 9.90 Å². The fourth-order valence-corrected chi connectivity index (χ4v) is 5.12. The second-order valence-electron chi connectivity index (χ2n) is 9.78. The summed E-state index contributed by atoms with van der Waals surface area (Å²) in [4.78, 5) is 22.6. The molecule has 0 aliphatic carbocycles. The molecule has 1 fully saturated rings. The molecule has 2 N–H and O–H groups in total. The number of aryl methyl sites for hydroxylation is 1. The van der Waals surface area contributed by atoms with Crippen molar-refractivity contribution in [2.45, 2.75) is 46.6 Å². The number of likely N-dealkylation sites (tertiary alicyclic amines) is 1. The van der Waals surface area contributed by atoms with Gasteiger partial charge in [-0.15, -0.1) is 0 Å². The van der Waals surface area contributed by atoms with E-state index in [4.69, 9.17) is 4.42 Å². The SMILES string of the molecule is CCc1cc2c(=O)c(-c3nc4ccccc4[nH]3)coc2c(C[NH+]2CCCC(C)(C)C2)c1[O-]. The molecule has 1 unspecified atom stereocenters. The van der Waals surface area contributed by atoms with E-state index in [0.717, 1.165) is 30.5 Å². The lowest BCUT2D eigenvalue weighted by atomic mass is 9.84. The molecular weight excluding hydrogens is 402 g/mol. The summed E-state index contributed by atoms with van der Waals surface area (Å²) >= 11 is 0. The van der Waals surface area contributed by atoms with E-state index in [2.05, 4.69) is 23.8 Å². The predicted molar refractivity (Wildman–Crippen MR) is 124 cm³/mol. The predicted octanol–water partition coefficient (Wildman–Crippen LogP) is 3.18. The van der Waals surface area contributed by atoms with Crippen LogP contribution >= 0.6 is 0 Å². The van der Waals surface area contributed by atoms with Crippen molar-refractivity contribution in [1.82, 2.24) is 9.97 Å². The lowest BCUT2D eigenvalue weighted by molar-refractivity contribution is -0.925. The molecule has 2 aromatic heterocycles. The van der Waals surface area contributed by atoms with Crippen LogP contribution in [0, 0.1) is 5.41 Å². The monoisotopic (exact) mass is 431 g/mol.